The Balaban J connectivity index is 1.59. The molecule has 5 rings (SSSR count). The molecule has 0 atom stereocenters. The maximum atomic E-state index is 13.6. The first-order chi connectivity index (χ1) is 16.4. The first kappa shape index (κ1) is 21.8. The van der Waals surface area contributed by atoms with Gasteiger partial charge in [0.2, 0.25) is 0 Å². The molecule has 0 aliphatic carbocycles. The van der Waals surface area contributed by atoms with E-state index in [0.717, 1.165) is 27.6 Å². The van der Waals surface area contributed by atoms with E-state index >= 15 is 0 Å². The number of thiocarbonyl (C=S) groups is 1. The van der Waals surface area contributed by atoms with Gasteiger partial charge in [-0.15, -0.1) is 0 Å². The number of hydrogen-bond acceptors (Lipinski definition) is 3. The van der Waals surface area contributed by atoms with Crippen molar-refractivity contribution >= 4 is 51.8 Å². The smallest absolute Gasteiger partial charge is 0.270 e. The lowest BCUT2D eigenvalue weighted by molar-refractivity contribution is -0.122. The van der Waals surface area contributed by atoms with Crippen molar-refractivity contribution in [2.24, 2.45) is 0 Å². The number of anilines is 1. The minimum Gasteiger partial charge on any atom is -0.342 e. The summed E-state index contributed by atoms with van der Waals surface area (Å²) in [5.41, 5.74) is 5.63. The molecule has 2 amide bonds. The summed E-state index contributed by atoms with van der Waals surface area (Å²) in [4.78, 5) is 27.8. The van der Waals surface area contributed by atoms with Crippen molar-refractivity contribution in [2.45, 2.75) is 20.4 Å². The van der Waals surface area contributed by atoms with E-state index in [-0.39, 0.29) is 10.7 Å². The summed E-state index contributed by atoms with van der Waals surface area (Å²) < 4.78 is 2.13. The summed E-state index contributed by atoms with van der Waals surface area (Å²) >= 11 is 5.38. The van der Waals surface area contributed by atoms with Crippen LogP contribution >= 0.6 is 12.2 Å². The van der Waals surface area contributed by atoms with E-state index in [4.69, 9.17) is 12.2 Å². The fraction of sp³-hybridized carbons (Fsp3) is 0.107. The van der Waals surface area contributed by atoms with Gasteiger partial charge in [-0.3, -0.25) is 19.8 Å². The van der Waals surface area contributed by atoms with Crippen molar-refractivity contribution < 1.29 is 9.59 Å². The van der Waals surface area contributed by atoms with E-state index < -0.39 is 11.8 Å². The molecule has 1 fully saturated rings. The zero-order chi connectivity index (χ0) is 23.8. The van der Waals surface area contributed by atoms with Crippen LogP contribution in [0.5, 0.6) is 0 Å². The quantitative estimate of drug-likeness (QED) is 0.258. The van der Waals surface area contributed by atoms with Gasteiger partial charge in [0.1, 0.15) is 5.57 Å². The van der Waals surface area contributed by atoms with Crippen molar-refractivity contribution in [3.63, 3.8) is 0 Å². The Bertz CT molecular complexity index is 1480. The van der Waals surface area contributed by atoms with E-state index in [0.29, 0.717) is 12.2 Å². The van der Waals surface area contributed by atoms with Crippen molar-refractivity contribution in [2.75, 3.05) is 4.90 Å². The van der Waals surface area contributed by atoms with Gasteiger partial charge in [0.05, 0.1) is 5.69 Å². The third-order valence-corrected chi connectivity index (χ3v) is 6.31. The van der Waals surface area contributed by atoms with Crippen LogP contribution < -0.4 is 10.2 Å². The lowest BCUT2D eigenvalue weighted by Crippen LogP contribution is -2.54. The number of carbonyl (C=O) groups is 2. The molecule has 2 heterocycles. The molecule has 1 saturated heterocycles. The minimum absolute atomic E-state index is 0.0529. The molecule has 4 aromatic rings. The fourth-order valence-electron chi connectivity index (χ4n) is 4.29. The SMILES string of the molecule is Cc1ccc(C)c(N2C(=O)/C(=C/c3cn(Cc4ccccc4)c4ccccc34)C(=O)NC2=S)c1. The number of aryl methyl sites for hydroxylation is 2. The van der Waals surface area contributed by atoms with Crippen molar-refractivity contribution in [3.05, 3.63) is 107 Å². The van der Waals surface area contributed by atoms with E-state index in [1.165, 1.54) is 10.5 Å². The molecule has 6 heteroatoms. The molecule has 0 unspecified atom stereocenters. The average molecular weight is 466 g/mol. The zero-order valence-electron chi connectivity index (χ0n) is 18.9. The molecular weight excluding hydrogens is 442 g/mol. The predicted octanol–water partition coefficient (Wildman–Crippen LogP) is 5.14. The summed E-state index contributed by atoms with van der Waals surface area (Å²) in [5.74, 6) is -0.918. The monoisotopic (exact) mass is 465 g/mol. The van der Waals surface area contributed by atoms with Crippen LogP contribution in [0, 0.1) is 13.8 Å². The number of nitrogens with one attached hydrogen (secondary N) is 1. The highest BCUT2D eigenvalue weighted by molar-refractivity contribution is 7.80. The first-order valence-corrected chi connectivity index (χ1v) is 11.4. The van der Waals surface area contributed by atoms with E-state index in [2.05, 4.69) is 22.0 Å². The molecule has 5 nitrogen and oxygen atoms in total. The second-order valence-electron chi connectivity index (χ2n) is 8.46. The predicted molar refractivity (Wildman–Crippen MR) is 140 cm³/mol. The lowest BCUT2D eigenvalue weighted by Gasteiger charge is -2.30. The molecule has 1 aliphatic rings. The summed E-state index contributed by atoms with van der Waals surface area (Å²) in [6, 6.07) is 24.0. The van der Waals surface area contributed by atoms with Gasteiger partial charge in [-0.1, -0.05) is 60.7 Å². The molecule has 1 aliphatic heterocycles. The Hall–Kier alpha value is -4.03. The highest BCUT2D eigenvalue weighted by atomic mass is 32.1. The molecule has 0 radical (unpaired) electrons. The third kappa shape index (κ3) is 3.93. The number of aromatic nitrogens is 1. The van der Waals surface area contributed by atoms with Crippen LogP contribution in [0.15, 0.2) is 84.6 Å². The van der Waals surface area contributed by atoms with E-state index in [1.54, 1.807) is 6.08 Å². The molecule has 1 aromatic heterocycles. The number of hydrogen-bond donors (Lipinski definition) is 1. The number of fused-ring (bicyclic) bond motifs is 1. The van der Waals surface area contributed by atoms with Crippen LogP contribution in [0.4, 0.5) is 5.69 Å². The van der Waals surface area contributed by atoms with Gasteiger partial charge in [-0.05, 0) is 61.0 Å². The van der Waals surface area contributed by atoms with Gasteiger partial charge in [-0.2, -0.15) is 0 Å². The zero-order valence-corrected chi connectivity index (χ0v) is 19.7. The minimum atomic E-state index is -0.489. The standard InChI is InChI=1S/C28H23N3O2S/c1-18-12-13-19(2)25(14-18)31-27(33)23(26(32)29-28(31)34)15-21-17-30(16-20-8-4-3-5-9-20)24-11-7-6-10-22(21)24/h3-15,17H,16H2,1-2H3,(H,29,32,34)/b23-15+. The molecular formula is C28H23N3O2S. The molecule has 1 N–H and O–H groups in total. The van der Waals surface area contributed by atoms with Crippen LogP contribution in [-0.2, 0) is 16.1 Å². The second kappa shape index (κ2) is 8.72. The molecule has 0 saturated carbocycles. The number of carbonyl (C=O) groups excluding carboxylic acids is 2. The number of nitrogens with zero attached hydrogens (tertiary/aromatic N) is 2. The van der Waals surface area contributed by atoms with Gasteiger partial charge in [0.15, 0.2) is 5.11 Å². The Morgan fingerprint density at radius 3 is 2.47 bits per heavy atom. The molecule has 3 aromatic carbocycles. The fourth-order valence-corrected chi connectivity index (χ4v) is 4.57. The molecule has 168 valence electrons. The van der Waals surface area contributed by atoms with Gasteiger partial charge in [0.25, 0.3) is 11.8 Å². The number of rotatable bonds is 4. The van der Waals surface area contributed by atoms with Crippen molar-refractivity contribution in [1.82, 2.24) is 9.88 Å². The van der Waals surface area contributed by atoms with E-state index in [9.17, 15) is 9.59 Å². The van der Waals surface area contributed by atoms with Crippen LogP contribution in [-0.4, -0.2) is 21.5 Å². The third-order valence-electron chi connectivity index (χ3n) is 6.02. The summed E-state index contributed by atoms with van der Waals surface area (Å²) in [5, 5.41) is 3.75. The van der Waals surface area contributed by atoms with Crippen LogP contribution in [0.3, 0.4) is 0 Å². The molecule has 34 heavy (non-hydrogen) atoms. The Morgan fingerprint density at radius 1 is 0.941 bits per heavy atom. The lowest BCUT2D eigenvalue weighted by atomic mass is 10.0. The average Bonchev–Trinajstić information content (AvgIpc) is 3.16. The largest absolute Gasteiger partial charge is 0.342 e. The maximum Gasteiger partial charge on any atom is 0.270 e. The number of benzene rings is 3. The van der Waals surface area contributed by atoms with E-state index in [1.807, 2.05) is 80.7 Å². The van der Waals surface area contributed by atoms with Gasteiger partial charge >= 0.3 is 0 Å². The number of amides is 2. The van der Waals surface area contributed by atoms with Crippen molar-refractivity contribution in [3.8, 4) is 0 Å². The van der Waals surface area contributed by atoms with Crippen LogP contribution in [0.2, 0.25) is 0 Å². The van der Waals surface area contributed by atoms with Gasteiger partial charge in [0, 0.05) is 29.2 Å². The van der Waals surface area contributed by atoms with Gasteiger partial charge in [-0.25, -0.2) is 0 Å². The maximum absolute atomic E-state index is 13.6. The van der Waals surface area contributed by atoms with Gasteiger partial charge < -0.3 is 4.57 Å². The summed E-state index contributed by atoms with van der Waals surface area (Å²) in [6.45, 7) is 4.56. The number of para-hydroxylation sites is 1. The summed E-state index contributed by atoms with van der Waals surface area (Å²) in [7, 11) is 0. The molecule has 0 spiro atoms. The van der Waals surface area contributed by atoms with Crippen LogP contribution in [0.1, 0.15) is 22.3 Å². The molecule has 0 bridgehead atoms. The normalized spacial score (nSPS) is 15.3. The first-order valence-electron chi connectivity index (χ1n) is 11.0. The Kier molecular flexibility index (Phi) is 5.59. The van der Waals surface area contributed by atoms with Crippen molar-refractivity contribution in [1.29, 1.82) is 0 Å². The highest BCUT2D eigenvalue weighted by Crippen LogP contribution is 2.29. The van der Waals surface area contributed by atoms with Crippen LogP contribution in [0.25, 0.3) is 17.0 Å². The summed E-state index contributed by atoms with van der Waals surface area (Å²) in [6.07, 6.45) is 3.65. The Labute approximate surface area is 203 Å². The topological polar surface area (TPSA) is 54.3 Å². The highest BCUT2D eigenvalue weighted by Gasteiger charge is 2.35. The Morgan fingerprint density at radius 2 is 1.68 bits per heavy atom. The second-order valence-corrected chi connectivity index (χ2v) is 8.85.